The van der Waals surface area contributed by atoms with Gasteiger partial charge >= 0.3 is 0 Å². The number of H-pyrrole nitrogens is 1. The minimum atomic E-state index is -0.348. The molecule has 4 rings (SSSR count). The Balaban J connectivity index is 1.29. The van der Waals surface area contributed by atoms with Crippen LogP contribution in [0.1, 0.15) is 18.4 Å². The molecule has 0 bridgehead atoms. The number of piperidine rings is 1. The first kappa shape index (κ1) is 19.0. The highest BCUT2D eigenvalue weighted by Gasteiger charge is 2.27. The van der Waals surface area contributed by atoms with Crippen LogP contribution < -0.4 is 10.2 Å². The molecule has 0 aliphatic carbocycles. The number of fused-ring (bicyclic) bond motifs is 1. The molecule has 29 heavy (non-hydrogen) atoms. The summed E-state index contributed by atoms with van der Waals surface area (Å²) in [6.07, 6.45) is 4.18. The van der Waals surface area contributed by atoms with Gasteiger partial charge in [-0.1, -0.05) is 30.3 Å². The van der Waals surface area contributed by atoms with Crippen LogP contribution in [0.5, 0.6) is 0 Å². The Kier molecular flexibility index (Phi) is 5.46. The van der Waals surface area contributed by atoms with Crippen LogP contribution in [0.3, 0.4) is 0 Å². The van der Waals surface area contributed by atoms with Crippen LogP contribution in [0.25, 0.3) is 10.9 Å². The van der Waals surface area contributed by atoms with Crippen LogP contribution in [0.4, 0.5) is 11.4 Å². The van der Waals surface area contributed by atoms with Crippen molar-refractivity contribution >= 4 is 28.2 Å². The number of aromatic amines is 1. The summed E-state index contributed by atoms with van der Waals surface area (Å²) in [7, 11) is 0. The first-order chi connectivity index (χ1) is 14.1. The number of carbonyl (C=O) groups is 1. The highest BCUT2D eigenvalue weighted by molar-refractivity contribution is 5.83. The topological polar surface area (TPSA) is 91.3 Å². The summed E-state index contributed by atoms with van der Waals surface area (Å²) in [6.45, 7) is 1.89. The molecule has 150 valence electrons. The molecule has 1 amide bonds. The van der Waals surface area contributed by atoms with Gasteiger partial charge in [0.1, 0.15) is 5.69 Å². The van der Waals surface area contributed by atoms with Crippen LogP contribution in [-0.2, 0) is 11.2 Å². The van der Waals surface area contributed by atoms with Gasteiger partial charge in [0.2, 0.25) is 5.91 Å². The molecule has 1 fully saturated rings. The quantitative estimate of drug-likeness (QED) is 0.495. The van der Waals surface area contributed by atoms with E-state index >= 15 is 0 Å². The second-order valence-corrected chi connectivity index (χ2v) is 7.41. The summed E-state index contributed by atoms with van der Waals surface area (Å²) < 4.78 is 0. The van der Waals surface area contributed by atoms with Gasteiger partial charge in [-0.05, 0) is 37.0 Å². The predicted octanol–water partition coefficient (Wildman–Crippen LogP) is 3.65. The lowest BCUT2D eigenvalue weighted by Crippen LogP contribution is -2.41. The number of para-hydroxylation sites is 3. The van der Waals surface area contributed by atoms with Crippen molar-refractivity contribution in [1.82, 2.24) is 10.3 Å². The first-order valence-electron chi connectivity index (χ1n) is 9.94. The van der Waals surface area contributed by atoms with E-state index in [1.165, 1.54) is 17.0 Å². The number of hydrogen-bond acceptors (Lipinski definition) is 4. The number of nitrogens with one attached hydrogen (secondary N) is 2. The maximum Gasteiger partial charge on any atom is 0.292 e. The molecule has 2 aromatic carbocycles. The normalized spacial score (nSPS) is 14.8. The molecular formula is C22H24N4O3. The van der Waals surface area contributed by atoms with Gasteiger partial charge in [-0.2, -0.15) is 0 Å². The predicted molar refractivity (Wildman–Crippen MR) is 113 cm³/mol. The number of nitrogens with zero attached hydrogens (tertiary/aromatic N) is 2. The van der Waals surface area contributed by atoms with Crippen LogP contribution in [0.15, 0.2) is 54.7 Å². The SMILES string of the molecule is O=C(NCCc1c[nH]c2ccccc12)C1CCN(c2ccccc2[N+](=O)[O-])CC1. The number of nitro groups is 1. The minimum absolute atomic E-state index is 0.0445. The summed E-state index contributed by atoms with van der Waals surface area (Å²) in [4.78, 5) is 28.7. The summed E-state index contributed by atoms with van der Waals surface area (Å²) in [5, 5.41) is 15.5. The number of rotatable bonds is 6. The zero-order valence-electron chi connectivity index (χ0n) is 16.1. The Morgan fingerprint density at radius 1 is 1.14 bits per heavy atom. The van der Waals surface area contributed by atoms with Gasteiger partial charge in [0.05, 0.1) is 4.92 Å². The number of benzene rings is 2. The van der Waals surface area contributed by atoms with E-state index in [1.807, 2.05) is 35.4 Å². The van der Waals surface area contributed by atoms with Crippen molar-refractivity contribution < 1.29 is 9.72 Å². The zero-order valence-corrected chi connectivity index (χ0v) is 16.1. The number of amides is 1. The molecule has 1 saturated heterocycles. The number of aromatic nitrogens is 1. The standard InChI is InChI=1S/C22H24N4O3/c27-22(23-12-9-17-15-24-19-6-2-1-5-18(17)19)16-10-13-25(14-11-16)20-7-3-4-8-21(20)26(28)29/h1-8,15-16,24H,9-14H2,(H,23,27). The number of hydrogen-bond donors (Lipinski definition) is 2. The van der Waals surface area contributed by atoms with Crippen molar-refractivity contribution in [3.63, 3.8) is 0 Å². The number of anilines is 1. The van der Waals surface area contributed by atoms with Gasteiger partial charge in [0.25, 0.3) is 5.69 Å². The van der Waals surface area contributed by atoms with E-state index in [9.17, 15) is 14.9 Å². The molecule has 2 heterocycles. The van der Waals surface area contributed by atoms with Gasteiger partial charge in [-0.3, -0.25) is 14.9 Å². The van der Waals surface area contributed by atoms with Crippen LogP contribution >= 0.6 is 0 Å². The molecule has 1 aliphatic heterocycles. The van der Waals surface area contributed by atoms with Crippen molar-refractivity contribution in [2.24, 2.45) is 5.92 Å². The van der Waals surface area contributed by atoms with Crippen LogP contribution in [0, 0.1) is 16.0 Å². The largest absolute Gasteiger partial charge is 0.366 e. The Bertz CT molecular complexity index is 1020. The minimum Gasteiger partial charge on any atom is -0.366 e. The molecule has 1 aromatic heterocycles. The van der Waals surface area contributed by atoms with E-state index in [2.05, 4.69) is 16.4 Å². The summed E-state index contributed by atoms with van der Waals surface area (Å²) in [6, 6.07) is 14.9. The van der Waals surface area contributed by atoms with Crippen molar-refractivity contribution in [1.29, 1.82) is 0 Å². The molecule has 0 saturated carbocycles. The summed E-state index contributed by atoms with van der Waals surface area (Å²) in [5.74, 6) is 0.0315. The van der Waals surface area contributed by atoms with Gasteiger partial charge in [-0.25, -0.2) is 0 Å². The van der Waals surface area contributed by atoms with Crippen LogP contribution in [-0.4, -0.2) is 35.4 Å². The van der Waals surface area contributed by atoms with E-state index in [1.54, 1.807) is 12.1 Å². The van der Waals surface area contributed by atoms with E-state index in [-0.39, 0.29) is 22.4 Å². The summed E-state index contributed by atoms with van der Waals surface area (Å²) in [5.41, 5.74) is 3.06. The highest BCUT2D eigenvalue weighted by atomic mass is 16.6. The molecule has 0 radical (unpaired) electrons. The Hall–Kier alpha value is -3.35. The van der Waals surface area contributed by atoms with E-state index in [0.29, 0.717) is 38.2 Å². The zero-order chi connectivity index (χ0) is 20.2. The maximum absolute atomic E-state index is 12.6. The van der Waals surface area contributed by atoms with Gasteiger partial charge in [0.15, 0.2) is 0 Å². The monoisotopic (exact) mass is 392 g/mol. The average molecular weight is 392 g/mol. The average Bonchev–Trinajstić information content (AvgIpc) is 3.17. The molecule has 7 nitrogen and oxygen atoms in total. The molecular weight excluding hydrogens is 368 g/mol. The maximum atomic E-state index is 12.6. The summed E-state index contributed by atoms with van der Waals surface area (Å²) >= 11 is 0. The molecule has 2 N–H and O–H groups in total. The third-order valence-electron chi connectivity index (χ3n) is 5.65. The smallest absolute Gasteiger partial charge is 0.292 e. The Morgan fingerprint density at radius 2 is 1.86 bits per heavy atom. The van der Waals surface area contributed by atoms with E-state index in [0.717, 1.165) is 11.9 Å². The van der Waals surface area contributed by atoms with Gasteiger partial charge in [0, 0.05) is 48.7 Å². The fraction of sp³-hybridized carbons (Fsp3) is 0.318. The van der Waals surface area contributed by atoms with Crippen molar-refractivity contribution in [3.8, 4) is 0 Å². The highest BCUT2D eigenvalue weighted by Crippen LogP contribution is 2.31. The van der Waals surface area contributed by atoms with Gasteiger partial charge in [-0.15, -0.1) is 0 Å². The Labute approximate surface area is 168 Å². The third-order valence-corrected chi connectivity index (χ3v) is 5.65. The lowest BCUT2D eigenvalue weighted by Gasteiger charge is -2.32. The molecule has 0 atom stereocenters. The second-order valence-electron chi connectivity index (χ2n) is 7.41. The first-order valence-corrected chi connectivity index (χ1v) is 9.94. The lowest BCUT2D eigenvalue weighted by molar-refractivity contribution is -0.384. The van der Waals surface area contributed by atoms with Crippen molar-refractivity contribution in [2.75, 3.05) is 24.5 Å². The molecule has 3 aromatic rings. The van der Waals surface area contributed by atoms with E-state index < -0.39 is 0 Å². The molecule has 0 spiro atoms. The van der Waals surface area contributed by atoms with Crippen LogP contribution in [0.2, 0.25) is 0 Å². The second kappa shape index (κ2) is 8.34. The van der Waals surface area contributed by atoms with Crippen molar-refractivity contribution in [2.45, 2.75) is 19.3 Å². The fourth-order valence-corrected chi connectivity index (χ4v) is 4.07. The fourth-order valence-electron chi connectivity index (χ4n) is 4.07. The molecule has 0 unspecified atom stereocenters. The third kappa shape index (κ3) is 4.08. The Morgan fingerprint density at radius 3 is 2.66 bits per heavy atom. The van der Waals surface area contributed by atoms with Gasteiger partial charge < -0.3 is 15.2 Å². The number of carbonyl (C=O) groups excluding carboxylic acids is 1. The molecule has 1 aliphatic rings. The lowest BCUT2D eigenvalue weighted by atomic mass is 9.95. The molecule has 7 heteroatoms. The number of nitro benzene ring substituents is 1. The van der Waals surface area contributed by atoms with Crippen molar-refractivity contribution in [3.05, 3.63) is 70.4 Å². The van der Waals surface area contributed by atoms with E-state index in [4.69, 9.17) is 0 Å².